The predicted molar refractivity (Wildman–Crippen MR) is 106 cm³/mol. The minimum Gasteiger partial charge on any atom is -0.490 e. The lowest BCUT2D eigenvalue weighted by Gasteiger charge is -2.18. The first-order valence-corrected chi connectivity index (χ1v) is 10.8. The van der Waals surface area contributed by atoms with Crippen molar-refractivity contribution >= 4 is 21.6 Å². The van der Waals surface area contributed by atoms with E-state index in [1.807, 2.05) is 0 Å². The fourth-order valence-electron chi connectivity index (χ4n) is 3.05. The molecular weight excluding hydrogens is 380 g/mol. The van der Waals surface area contributed by atoms with E-state index in [1.54, 1.807) is 45.0 Å². The SMILES string of the molecule is CC(C)(C)NS(=O)(=O)c1ccc(C(=O)Nc2ccc(OC3CCCC3)cc2)o1. The van der Waals surface area contributed by atoms with E-state index >= 15 is 0 Å². The summed E-state index contributed by atoms with van der Waals surface area (Å²) in [6.45, 7) is 5.17. The number of rotatable bonds is 6. The molecule has 1 aromatic heterocycles. The van der Waals surface area contributed by atoms with Gasteiger partial charge in [0.25, 0.3) is 15.9 Å². The number of anilines is 1. The minimum atomic E-state index is -3.83. The van der Waals surface area contributed by atoms with Gasteiger partial charge in [0.15, 0.2) is 5.76 Å². The standard InChI is InChI=1S/C20H26N2O5S/c1-20(2,3)22-28(24,25)18-13-12-17(27-18)19(23)21-14-8-10-16(11-9-14)26-15-6-4-5-7-15/h8-13,15,22H,4-7H2,1-3H3,(H,21,23). The molecule has 28 heavy (non-hydrogen) atoms. The molecule has 0 atom stereocenters. The number of hydrogen-bond donors (Lipinski definition) is 2. The van der Waals surface area contributed by atoms with Crippen LogP contribution >= 0.6 is 0 Å². The summed E-state index contributed by atoms with van der Waals surface area (Å²) in [5, 5.41) is 2.39. The summed E-state index contributed by atoms with van der Waals surface area (Å²) < 4.78 is 38.2. The van der Waals surface area contributed by atoms with Crippen molar-refractivity contribution in [2.24, 2.45) is 0 Å². The molecule has 1 aromatic carbocycles. The number of furan rings is 1. The molecular formula is C20H26N2O5S. The Bertz CT molecular complexity index is 920. The number of hydrogen-bond acceptors (Lipinski definition) is 5. The summed E-state index contributed by atoms with van der Waals surface area (Å²) in [5.74, 6) is 0.159. The highest BCUT2D eigenvalue weighted by Gasteiger charge is 2.26. The van der Waals surface area contributed by atoms with Gasteiger partial charge in [-0.2, -0.15) is 0 Å². The summed E-state index contributed by atoms with van der Waals surface area (Å²) in [6.07, 6.45) is 4.82. The van der Waals surface area contributed by atoms with Gasteiger partial charge in [-0.25, -0.2) is 13.1 Å². The highest BCUT2D eigenvalue weighted by molar-refractivity contribution is 7.89. The van der Waals surface area contributed by atoms with Gasteiger partial charge in [-0.3, -0.25) is 4.79 Å². The van der Waals surface area contributed by atoms with Crippen molar-refractivity contribution in [3.63, 3.8) is 0 Å². The average Bonchev–Trinajstić information content (AvgIpc) is 3.26. The molecule has 2 N–H and O–H groups in total. The highest BCUT2D eigenvalue weighted by Crippen LogP contribution is 2.25. The first kappa shape index (κ1) is 20.4. The van der Waals surface area contributed by atoms with Crippen molar-refractivity contribution in [3.8, 4) is 5.75 Å². The van der Waals surface area contributed by atoms with Gasteiger partial charge < -0.3 is 14.5 Å². The van der Waals surface area contributed by atoms with E-state index in [0.29, 0.717) is 5.69 Å². The van der Waals surface area contributed by atoms with Crippen LogP contribution in [0.25, 0.3) is 0 Å². The zero-order valence-electron chi connectivity index (χ0n) is 16.3. The number of nitrogens with one attached hydrogen (secondary N) is 2. The van der Waals surface area contributed by atoms with Crippen LogP contribution in [0.3, 0.4) is 0 Å². The molecule has 1 heterocycles. The molecule has 7 nitrogen and oxygen atoms in total. The number of sulfonamides is 1. The molecule has 2 aromatic rings. The Balaban J connectivity index is 1.62. The Labute approximate surface area is 165 Å². The highest BCUT2D eigenvalue weighted by atomic mass is 32.2. The van der Waals surface area contributed by atoms with E-state index in [0.717, 1.165) is 18.6 Å². The summed E-state index contributed by atoms with van der Waals surface area (Å²) in [4.78, 5) is 12.4. The number of carbonyl (C=O) groups excluding carboxylic acids is 1. The van der Waals surface area contributed by atoms with E-state index in [1.165, 1.54) is 25.0 Å². The second-order valence-electron chi connectivity index (χ2n) is 7.98. The van der Waals surface area contributed by atoms with Crippen LogP contribution in [-0.4, -0.2) is 26.0 Å². The maximum Gasteiger partial charge on any atom is 0.291 e. The number of benzene rings is 1. The van der Waals surface area contributed by atoms with E-state index in [9.17, 15) is 13.2 Å². The van der Waals surface area contributed by atoms with Crippen LogP contribution < -0.4 is 14.8 Å². The van der Waals surface area contributed by atoms with Crippen LogP contribution in [0.15, 0.2) is 45.9 Å². The molecule has 8 heteroatoms. The third-order valence-electron chi connectivity index (χ3n) is 4.23. The lowest BCUT2D eigenvalue weighted by atomic mass is 10.1. The van der Waals surface area contributed by atoms with Gasteiger partial charge in [-0.05, 0) is 82.9 Å². The van der Waals surface area contributed by atoms with Gasteiger partial charge in [-0.15, -0.1) is 0 Å². The lowest BCUT2D eigenvalue weighted by molar-refractivity contribution is 0.0991. The fraction of sp³-hybridized carbons (Fsp3) is 0.450. The Hall–Kier alpha value is -2.32. The number of amides is 1. The zero-order chi connectivity index (χ0) is 20.4. The van der Waals surface area contributed by atoms with Crippen LogP contribution in [0.1, 0.15) is 57.0 Å². The third-order valence-corrected chi connectivity index (χ3v) is 5.86. The second kappa shape index (κ2) is 7.97. The molecule has 1 aliphatic carbocycles. The molecule has 0 unspecified atom stereocenters. The van der Waals surface area contributed by atoms with Gasteiger partial charge >= 0.3 is 0 Å². The molecule has 1 amide bonds. The van der Waals surface area contributed by atoms with Gasteiger partial charge in [0.1, 0.15) is 5.75 Å². The molecule has 0 saturated heterocycles. The van der Waals surface area contributed by atoms with Crippen molar-refractivity contribution in [1.29, 1.82) is 0 Å². The third kappa shape index (κ3) is 5.36. The number of carbonyl (C=O) groups is 1. The van der Waals surface area contributed by atoms with Gasteiger partial charge in [0.05, 0.1) is 6.10 Å². The Morgan fingerprint density at radius 2 is 1.71 bits per heavy atom. The van der Waals surface area contributed by atoms with Gasteiger partial charge in [-0.1, -0.05) is 0 Å². The summed E-state index contributed by atoms with van der Waals surface area (Å²) in [5.41, 5.74) is -0.0894. The second-order valence-corrected chi connectivity index (χ2v) is 9.59. The van der Waals surface area contributed by atoms with E-state index < -0.39 is 21.5 Å². The molecule has 3 rings (SSSR count). The average molecular weight is 407 g/mol. The van der Waals surface area contributed by atoms with Crippen molar-refractivity contribution in [2.45, 2.75) is 63.2 Å². The maximum absolute atomic E-state index is 12.4. The van der Waals surface area contributed by atoms with Crippen LogP contribution in [0.5, 0.6) is 5.75 Å². The van der Waals surface area contributed by atoms with E-state index in [2.05, 4.69) is 10.0 Å². The van der Waals surface area contributed by atoms with Crippen LogP contribution in [-0.2, 0) is 10.0 Å². The first-order chi connectivity index (χ1) is 13.1. The van der Waals surface area contributed by atoms with Crippen LogP contribution in [0.2, 0.25) is 0 Å². The van der Waals surface area contributed by atoms with E-state index in [-0.39, 0.29) is 17.0 Å². The minimum absolute atomic E-state index is 0.0828. The molecule has 1 saturated carbocycles. The molecule has 1 aliphatic rings. The van der Waals surface area contributed by atoms with Crippen molar-refractivity contribution < 1.29 is 22.4 Å². The fourth-order valence-corrected chi connectivity index (χ4v) is 4.40. The quantitative estimate of drug-likeness (QED) is 0.757. The first-order valence-electron chi connectivity index (χ1n) is 9.34. The molecule has 0 radical (unpaired) electrons. The van der Waals surface area contributed by atoms with Crippen LogP contribution in [0.4, 0.5) is 5.69 Å². The molecule has 0 spiro atoms. The smallest absolute Gasteiger partial charge is 0.291 e. The van der Waals surface area contributed by atoms with E-state index in [4.69, 9.17) is 9.15 Å². The molecule has 0 bridgehead atoms. The Kier molecular flexibility index (Phi) is 5.81. The summed E-state index contributed by atoms with van der Waals surface area (Å²) in [7, 11) is -3.83. The monoisotopic (exact) mass is 406 g/mol. The van der Waals surface area contributed by atoms with Gasteiger partial charge in [0.2, 0.25) is 5.09 Å². The normalized spacial score (nSPS) is 15.5. The van der Waals surface area contributed by atoms with Crippen molar-refractivity contribution in [2.75, 3.05) is 5.32 Å². The van der Waals surface area contributed by atoms with Gasteiger partial charge in [0, 0.05) is 11.2 Å². The predicted octanol–water partition coefficient (Wildman–Crippen LogP) is 3.93. The Morgan fingerprint density at radius 1 is 1.07 bits per heavy atom. The van der Waals surface area contributed by atoms with Crippen molar-refractivity contribution in [1.82, 2.24) is 4.72 Å². The zero-order valence-corrected chi connectivity index (χ0v) is 17.1. The Morgan fingerprint density at radius 3 is 2.32 bits per heavy atom. The molecule has 0 aliphatic heterocycles. The molecule has 152 valence electrons. The van der Waals surface area contributed by atoms with Crippen molar-refractivity contribution in [3.05, 3.63) is 42.2 Å². The summed E-state index contributed by atoms with van der Waals surface area (Å²) >= 11 is 0. The maximum atomic E-state index is 12.4. The topological polar surface area (TPSA) is 97.6 Å². The lowest BCUT2D eigenvalue weighted by Crippen LogP contribution is -2.40. The van der Waals surface area contributed by atoms with Crippen LogP contribution in [0, 0.1) is 0 Å². The number of ether oxygens (including phenoxy) is 1. The largest absolute Gasteiger partial charge is 0.490 e. The molecule has 1 fully saturated rings. The summed E-state index contributed by atoms with van der Waals surface area (Å²) in [6, 6.07) is 9.69.